The summed E-state index contributed by atoms with van der Waals surface area (Å²) in [6.45, 7) is 4.36. The zero-order valence-electron chi connectivity index (χ0n) is 11.1. The van der Waals surface area contributed by atoms with E-state index in [9.17, 15) is 23.3 Å². The third kappa shape index (κ3) is 3.31. The van der Waals surface area contributed by atoms with Crippen LogP contribution in [0.3, 0.4) is 0 Å². The average molecular weight is 302 g/mol. The molecule has 110 valence electrons. The highest BCUT2D eigenvalue weighted by Crippen LogP contribution is 2.27. The maximum atomic E-state index is 12.1. The number of nitro benzene ring substituents is 1. The number of hydrogen-bond donors (Lipinski definition) is 2. The van der Waals surface area contributed by atoms with E-state index < -0.39 is 37.5 Å². The van der Waals surface area contributed by atoms with Gasteiger partial charge in [-0.05, 0) is 38.0 Å². The second-order valence-corrected chi connectivity index (χ2v) is 6.02. The summed E-state index contributed by atoms with van der Waals surface area (Å²) in [4.78, 5) is 20.3. The maximum absolute atomic E-state index is 12.1. The van der Waals surface area contributed by atoms with Crippen molar-refractivity contribution in [2.45, 2.75) is 31.7 Å². The summed E-state index contributed by atoms with van der Waals surface area (Å²) in [6.07, 6.45) is 0. The lowest BCUT2D eigenvalue weighted by Gasteiger charge is -2.12. The number of benzene rings is 1. The first-order chi connectivity index (χ1) is 9.06. The van der Waals surface area contributed by atoms with Gasteiger partial charge in [-0.2, -0.15) is 4.72 Å². The van der Waals surface area contributed by atoms with Crippen LogP contribution >= 0.6 is 0 Å². The van der Waals surface area contributed by atoms with Gasteiger partial charge in [0.05, 0.1) is 4.92 Å². The molecule has 8 nitrogen and oxygen atoms in total. The van der Waals surface area contributed by atoms with E-state index in [4.69, 9.17) is 5.11 Å². The largest absolute Gasteiger partial charge is 0.480 e. The van der Waals surface area contributed by atoms with Crippen LogP contribution in [0, 0.1) is 24.0 Å². The summed E-state index contributed by atoms with van der Waals surface area (Å²) in [5.74, 6) is -1.37. The van der Waals surface area contributed by atoms with Gasteiger partial charge in [-0.1, -0.05) is 0 Å². The van der Waals surface area contributed by atoms with Crippen LogP contribution in [0.1, 0.15) is 18.1 Å². The van der Waals surface area contributed by atoms with E-state index in [0.29, 0.717) is 11.1 Å². The van der Waals surface area contributed by atoms with Crippen LogP contribution in [0.4, 0.5) is 5.69 Å². The molecule has 0 spiro atoms. The molecule has 0 saturated carbocycles. The number of nitro groups is 1. The number of nitrogens with zero attached hydrogens (tertiary/aromatic N) is 1. The fourth-order valence-corrected chi connectivity index (χ4v) is 2.91. The summed E-state index contributed by atoms with van der Waals surface area (Å²) in [7, 11) is -4.29. The van der Waals surface area contributed by atoms with Crippen LogP contribution in [-0.4, -0.2) is 30.5 Å². The molecule has 0 amide bonds. The summed E-state index contributed by atoms with van der Waals surface area (Å²) >= 11 is 0. The smallest absolute Gasteiger partial charge is 0.321 e. The minimum atomic E-state index is -4.29. The fraction of sp³-hybridized carbons (Fsp3) is 0.364. The van der Waals surface area contributed by atoms with Crippen molar-refractivity contribution < 1.29 is 23.2 Å². The van der Waals surface area contributed by atoms with Crippen LogP contribution in [0.15, 0.2) is 17.0 Å². The van der Waals surface area contributed by atoms with Crippen molar-refractivity contribution in [1.82, 2.24) is 4.72 Å². The molecule has 1 aromatic carbocycles. The summed E-state index contributed by atoms with van der Waals surface area (Å²) < 4.78 is 26.0. The van der Waals surface area contributed by atoms with Gasteiger partial charge in [-0.3, -0.25) is 14.9 Å². The van der Waals surface area contributed by atoms with E-state index in [1.165, 1.54) is 0 Å². The van der Waals surface area contributed by atoms with Crippen LogP contribution in [0.25, 0.3) is 0 Å². The minimum Gasteiger partial charge on any atom is -0.480 e. The molecule has 1 aromatic rings. The second kappa shape index (κ2) is 5.55. The zero-order valence-corrected chi connectivity index (χ0v) is 11.9. The first kappa shape index (κ1) is 16.1. The van der Waals surface area contributed by atoms with E-state index in [-0.39, 0.29) is 0 Å². The summed E-state index contributed by atoms with van der Waals surface area (Å²) in [5, 5.41) is 19.7. The predicted molar refractivity (Wildman–Crippen MR) is 70.0 cm³/mol. The topological polar surface area (TPSA) is 127 Å². The number of carbonyl (C=O) groups is 1. The van der Waals surface area contributed by atoms with Gasteiger partial charge in [0.15, 0.2) is 4.90 Å². The summed E-state index contributed by atoms with van der Waals surface area (Å²) in [5.41, 5.74) is 0.541. The van der Waals surface area contributed by atoms with E-state index in [0.717, 1.165) is 19.1 Å². The van der Waals surface area contributed by atoms with Gasteiger partial charge in [0.25, 0.3) is 5.69 Å². The quantitative estimate of drug-likeness (QED) is 0.616. The standard InChI is InChI=1S/C11H14N2O6S/c1-6-4-9(13(16)17)10(5-7(6)2)20(18,19)12-8(3)11(14)15/h4-5,8,12H,1-3H3,(H,14,15)/t8-/m0/s1. The Morgan fingerprint density at radius 1 is 1.35 bits per heavy atom. The number of nitrogens with one attached hydrogen (secondary N) is 1. The molecule has 0 unspecified atom stereocenters. The Hall–Kier alpha value is -2.00. The number of rotatable bonds is 5. The minimum absolute atomic E-state index is 0.543. The zero-order chi connectivity index (χ0) is 15.7. The first-order valence-electron chi connectivity index (χ1n) is 5.57. The molecule has 0 aliphatic heterocycles. The number of carboxylic acid groups (broad SMARTS) is 1. The molecule has 9 heteroatoms. The number of hydrogen-bond acceptors (Lipinski definition) is 5. The molecule has 0 fully saturated rings. The molecular formula is C11H14N2O6S. The Labute approximate surface area is 115 Å². The van der Waals surface area contributed by atoms with E-state index >= 15 is 0 Å². The lowest BCUT2D eigenvalue weighted by Crippen LogP contribution is -2.38. The Morgan fingerprint density at radius 3 is 2.30 bits per heavy atom. The molecule has 0 heterocycles. The van der Waals surface area contributed by atoms with Crippen molar-refractivity contribution in [2.75, 3.05) is 0 Å². The van der Waals surface area contributed by atoms with E-state index in [1.807, 2.05) is 4.72 Å². The van der Waals surface area contributed by atoms with Crippen molar-refractivity contribution >= 4 is 21.7 Å². The molecule has 0 bridgehead atoms. The van der Waals surface area contributed by atoms with Gasteiger partial charge in [0.1, 0.15) is 6.04 Å². The molecular weight excluding hydrogens is 288 g/mol. The van der Waals surface area contributed by atoms with E-state index in [1.54, 1.807) is 13.8 Å². The van der Waals surface area contributed by atoms with Gasteiger partial charge < -0.3 is 5.11 Å². The lowest BCUT2D eigenvalue weighted by molar-refractivity contribution is -0.387. The Bertz CT molecular complexity index is 668. The van der Waals surface area contributed by atoms with Crippen LogP contribution < -0.4 is 4.72 Å². The van der Waals surface area contributed by atoms with Crippen molar-refractivity contribution in [3.63, 3.8) is 0 Å². The van der Waals surface area contributed by atoms with Gasteiger partial charge in [0, 0.05) is 6.07 Å². The molecule has 1 atom stereocenters. The van der Waals surface area contributed by atoms with Crippen molar-refractivity contribution in [1.29, 1.82) is 0 Å². The highest BCUT2D eigenvalue weighted by Gasteiger charge is 2.29. The molecule has 0 saturated heterocycles. The molecule has 20 heavy (non-hydrogen) atoms. The number of aryl methyl sites for hydroxylation is 2. The number of carboxylic acids is 1. The van der Waals surface area contributed by atoms with Crippen molar-refractivity contribution in [3.05, 3.63) is 33.4 Å². The summed E-state index contributed by atoms with van der Waals surface area (Å²) in [6, 6.07) is 0.917. The fourth-order valence-electron chi connectivity index (χ4n) is 1.48. The average Bonchev–Trinajstić information content (AvgIpc) is 2.30. The molecule has 0 aliphatic carbocycles. The third-order valence-corrected chi connectivity index (χ3v) is 4.33. The molecule has 0 aliphatic rings. The molecule has 0 radical (unpaired) electrons. The molecule has 1 rings (SSSR count). The van der Waals surface area contributed by atoms with Gasteiger partial charge in [-0.25, -0.2) is 8.42 Å². The van der Waals surface area contributed by atoms with Crippen molar-refractivity contribution in [2.24, 2.45) is 0 Å². The van der Waals surface area contributed by atoms with Gasteiger partial charge >= 0.3 is 5.97 Å². The number of sulfonamides is 1. The second-order valence-electron chi connectivity index (χ2n) is 4.34. The highest BCUT2D eigenvalue weighted by molar-refractivity contribution is 7.89. The maximum Gasteiger partial charge on any atom is 0.321 e. The SMILES string of the molecule is Cc1cc([N+](=O)[O-])c(S(=O)(=O)N[C@@H](C)C(=O)O)cc1C. The molecule has 0 aromatic heterocycles. The van der Waals surface area contributed by atoms with Crippen LogP contribution in [0.2, 0.25) is 0 Å². The normalized spacial score (nSPS) is 12.9. The number of aliphatic carboxylic acids is 1. The molecule has 2 N–H and O–H groups in total. The monoisotopic (exact) mass is 302 g/mol. The Morgan fingerprint density at radius 2 is 1.85 bits per heavy atom. The Balaban J connectivity index is 3.41. The highest BCUT2D eigenvalue weighted by atomic mass is 32.2. The lowest BCUT2D eigenvalue weighted by atomic mass is 10.1. The van der Waals surface area contributed by atoms with Crippen LogP contribution in [0.5, 0.6) is 0 Å². The first-order valence-corrected chi connectivity index (χ1v) is 7.05. The van der Waals surface area contributed by atoms with Gasteiger partial charge in [0.2, 0.25) is 10.0 Å². The van der Waals surface area contributed by atoms with Crippen molar-refractivity contribution in [3.8, 4) is 0 Å². The van der Waals surface area contributed by atoms with Crippen LogP contribution in [-0.2, 0) is 14.8 Å². The van der Waals surface area contributed by atoms with Gasteiger partial charge in [-0.15, -0.1) is 0 Å². The van der Waals surface area contributed by atoms with E-state index in [2.05, 4.69) is 0 Å². The Kier molecular flexibility index (Phi) is 4.46. The third-order valence-electron chi connectivity index (χ3n) is 2.76. The predicted octanol–water partition coefficient (Wildman–Crippen LogP) is 0.963.